The maximum absolute atomic E-state index is 12.5. The second kappa shape index (κ2) is 9.84. The summed E-state index contributed by atoms with van der Waals surface area (Å²) in [6.07, 6.45) is 0. The van der Waals surface area contributed by atoms with E-state index in [-0.39, 0.29) is 17.6 Å². The van der Waals surface area contributed by atoms with Gasteiger partial charge < -0.3 is 15.4 Å². The van der Waals surface area contributed by atoms with Gasteiger partial charge in [-0.3, -0.25) is 9.59 Å². The number of carbonyl (C=O) groups excluding carboxylic acids is 2. The molecular weight excluding hydrogens is 442 g/mol. The highest BCUT2D eigenvalue weighted by atomic mass is 32.2. The lowest BCUT2D eigenvalue weighted by Crippen LogP contribution is -2.13. The smallest absolute Gasteiger partial charge is 0.255 e. The van der Waals surface area contributed by atoms with Crippen LogP contribution in [-0.4, -0.2) is 29.7 Å². The van der Waals surface area contributed by atoms with Crippen molar-refractivity contribution in [2.75, 3.05) is 23.5 Å². The van der Waals surface area contributed by atoms with Gasteiger partial charge in [-0.25, -0.2) is 4.98 Å². The number of carbonyl (C=O) groups is 2. The first kappa shape index (κ1) is 21.9. The average Bonchev–Trinajstić information content (AvgIpc) is 3.20. The van der Waals surface area contributed by atoms with Gasteiger partial charge in [0.25, 0.3) is 5.91 Å². The third-order valence-corrected chi connectivity index (χ3v) is 6.78. The van der Waals surface area contributed by atoms with Gasteiger partial charge in [0.2, 0.25) is 5.91 Å². The highest BCUT2D eigenvalue weighted by molar-refractivity contribution is 8.01. The zero-order valence-electron chi connectivity index (χ0n) is 17.5. The first-order valence-corrected chi connectivity index (χ1v) is 11.7. The van der Waals surface area contributed by atoms with Crippen molar-refractivity contribution < 1.29 is 14.3 Å². The minimum absolute atomic E-state index is 0.117. The molecule has 0 aliphatic heterocycles. The van der Waals surface area contributed by atoms with Crippen LogP contribution in [0.1, 0.15) is 15.9 Å². The number of nitrogens with zero attached hydrogens (tertiary/aromatic N) is 1. The Kier molecular flexibility index (Phi) is 6.72. The minimum Gasteiger partial charge on any atom is -0.497 e. The Bertz CT molecular complexity index is 1270. The minimum atomic E-state index is -0.155. The van der Waals surface area contributed by atoms with Crippen LogP contribution in [0.2, 0.25) is 0 Å². The molecule has 0 aliphatic carbocycles. The monoisotopic (exact) mass is 463 g/mol. The molecule has 3 aromatic carbocycles. The van der Waals surface area contributed by atoms with Crippen molar-refractivity contribution in [1.82, 2.24) is 4.98 Å². The molecule has 0 atom stereocenters. The van der Waals surface area contributed by atoms with E-state index in [1.165, 1.54) is 23.1 Å². The summed E-state index contributed by atoms with van der Waals surface area (Å²) in [5.41, 5.74) is 3.94. The number of aromatic nitrogens is 1. The van der Waals surface area contributed by atoms with Crippen molar-refractivity contribution in [3.05, 3.63) is 77.9 Å². The molecule has 32 heavy (non-hydrogen) atoms. The number of ether oxygens (including phenoxy) is 1. The number of nitrogens with one attached hydrogen (secondary N) is 2. The van der Waals surface area contributed by atoms with Gasteiger partial charge in [0.05, 0.1) is 23.1 Å². The highest BCUT2D eigenvalue weighted by Gasteiger charge is 2.11. The first-order valence-electron chi connectivity index (χ1n) is 9.85. The average molecular weight is 464 g/mol. The Labute approximate surface area is 194 Å². The van der Waals surface area contributed by atoms with Crippen molar-refractivity contribution in [2.45, 2.75) is 11.3 Å². The molecule has 1 aromatic heterocycles. The quantitative estimate of drug-likeness (QED) is 0.349. The van der Waals surface area contributed by atoms with Gasteiger partial charge in [0.15, 0.2) is 4.34 Å². The summed E-state index contributed by atoms with van der Waals surface area (Å²) in [7, 11) is 1.59. The third-order valence-electron chi connectivity index (χ3n) is 4.62. The second-order valence-corrected chi connectivity index (χ2v) is 9.30. The molecule has 4 rings (SSSR count). The summed E-state index contributed by atoms with van der Waals surface area (Å²) in [5.74, 6) is 0.659. The fourth-order valence-electron chi connectivity index (χ4n) is 2.98. The van der Waals surface area contributed by atoms with Gasteiger partial charge in [0, 0.05) is 23.0 Å². The summed E-state index contributed by atoms with van der Waals surface area (Å²) in [4.78, 5) is 29.3. The van der Waals surface area contributed by atoms with Crippen molar-refractivity contribution in [1.29, 1.82) is 0 Å². The molecule has 0 aliphatic rings. The molecule has 0 radical (unpaired) electrons. The van der Waals surface area contributed by atoms with Crippen LogP contribution in [0.15, 0.2) is 71.1 Å². The standard InChI is InChI=1S/C24H21N3O3S2/c1-15-6-8-16(9-7-15)23(29)26-18-10-11-20-21(13-18)32-24(27-20)31-14-22(28)25-17-4-3-5-19(12-17)30-2/h3-13H,14H2,1-2H3,(H,25,28)(H,26,29). The summed E-state index contributed by atoms with van der Waals surface area (Å²) in [6.45, 7) is 1.98. The molecule has 4 aromatic rings. The molecule has 1 heterocycles. The van der Waals surface area contributed by atoms with Gasteiger partial charge in [-0.2, -0.15) is 0 Å². The van der Waals surface area contributed by atoms with E-state index in [4.69, 9.17) is 4.74 Å². The molecular formula is C24H21N3O3S2. The van der Waals surface area contributed by atoms with Crippen LogP contribution in [-0.2, 0) is 4.79 Å². The van der Waals surface area contributed by atoms with E-state index in [2.05, 4.69) is 15.6 Å². The fourth-order valence-corrected chi connectivity index (χ4v) is 4.88. The molecule has 0 bridgehead atoms. The van der Waals surface area contributed by atoms with Crippen molar-refractivity contribution in [3.63, 3.8) is 0 Å². The number of anilines is 2. The number of thioether (sulfide) groups is 1. The predicted molar refractivity (Wildman–Crippen MR) is 131 cm³/mol. The number of hydrogen-bond donors (Lipinski definition) is 2. The lowest BCUT2D eigenvalue weighted by atomic mass is 10.1. The number of hydrogen-bond acceptors (Lipinski definition) is 6. The highest BCUT2D eigenvalue weighted by Crippen LogP contribution is 2.31. The lowest BCUT2D eigenvalue weighted by Gasteiger charge is -2.06. The SMILES string of the molecule is COc1cccc(NC(=O)CSc2nc3ccc(NC(=O)c4ccc(C)cc4)cc3s2)c1. The summed E-state index contributed by atoms with van der Waals surface area (Å²) < 4.78 is 6.91. The van der Waals surface area contributed by atoms with E-state index in [9.17, 15) is 9.59 Å². The van der Waals surface area contributed by atoms with Crippen LogP contribution in [0.3, 0.4) is 0 Å². The molecule has 0 unspecified atom stereocenters. The largest absolute Gasteiger partial charge is 0.497 e. The number of benzene rings is 3. The Morgan fingerprint density at radius 1 is 1.00 bits per heavy atom. The van der Waals surface area contributed by atoms with Gasteiger partial charge in [-0.05, 0) is 49.4 Å². The van der Waals surface area contributed by atoms with E-state index < -0.39 is 0 Å². The van der Waals surface area contributed by atoms with E-state index in [0.29, 0.717) is 22.7 Å². The Hall–Kier alpha value is -3.36. The lowest BCUT2D eigenvalue weighted by molar-refractivity contribution is -0.113. The van der Waals surface area contributed by atoms with Crippen LogP contribution < -0.4 is 15.4 Å². The summed E-state index contributed by atoms with van der Waals surface area (Å²) in [5, 5.41) is 5.78. The molecule has 0 fully saturated rings. The second-order valence-electron chi connectivity index (χ2n) is 7.05. The number of rotatable bonds is 7. The molecule has 0 saturated carbocycles. The topological polar surface area (TPSA) is 80.3 Å². The molecule has 8 heteroatoms. The Morgan fingerprint density at radius 2 is 1.78 bits per heavy atom. The summed E-state index contributed by atoms with van der Waals surface area (Å²) >= 11 is 2.87. The van der Waals surface area contributed by atoms with Crippen LogP contribution in [0.4, 0.5) is 11.4 Å². The van der Waals surface area contributed by atoms with Crippen LogP contribution in [0.25, 0.3) is 10.2 Å². The molecule has 6 nitrogen and oxygen atoms in total. The number of methoxy groups -OCH3 is 1. The number of amides is 2. The van der Waals surface area contributed by atoms with Gasteiger partial charge >= 0.3 is 0 Å². The normalized spacial score (nSPS) is 10.7. The molecule has 0 saturated heterocycles. The third kappa shape index (κ3) is 5.46. The van der Waals surface area contributed by atoms with Gasteiger partial charge in [-0.15, -0.1) is 11.3 Å². The Morgan fingerprint density at radius 3 is 2.56 bits per heavy atom. The predicted octanol–water partition coefficient (Wildman–Crippen LogP) is 5.60. The number of thiazole rings is 1. The van der Waals surface area contributed by atoms with Crippen LogP contribution >= 0.6 is 23.1 Å². The van der Waals surface area contributed by atoms with Gasteiger partial charge in [-0.1, -0.05) is 35.5 Å². The van der Waals surface area contributed by atoms with Crippen molar-refractivity contribution in [3.8, 4) is 5.75 Å². The van der Waals surface area contributed by atoms with E-state index >= 15 is 0 Å². The number of aryl methyl sites for hydroxylation is 1. The molecule has 2 N–H and O–H groups in total. The van der Waals surface area contributed by atoms with Crippen molar-refractivity contribution in [2.24, 2.45) is 0 Å². The maximum Gasteiger partial charge on any atom is 0.255 e. The van der Waals surface area contributed by atoms with Gasteiger partial charge in [0.1, 0.15) is 5.75 Å². The van der Waals surface area contributed by atoms with E-state index in [1.54, 1.807) is 25.3 Å². The zero-order chi connectivity index (χ0) is 22.5. The van der Waals surface area contributed by atoms with Crippen LogP contribution in [0.5, 0.6) is 5.75 Å². The fraction of sp³-hybridized carbons (Fsp3) is 0.125. The number of fused-ring (bicyclic) bond motifs is 1. The van der Waals surface area contributed by atoms with E-state index in [0.717, 1.165) is 20.1 Å². The van der Waals surface area contributed by atoms with Crippen molar-refractivity contribution >= 4 is 56.5 Å². The summed E-state index contributed by atoms with van der Waals surface area (Å²) in [6, 6.07) is 20.3. The molecule has 162 valence electrons. The molecule has 2 amide bonds. The van der Waals surface area contributed by atoms with Crippen LogP contribution in [0, 0.1) is 6.92 Å². The molecule has 0 spiro atoms. The first-order chi connectivity index (χ1) is 15.5. The van der Waals surface area contributed by atoms with E-state index in [1.807, 2.05) is 55.5 Å². The Balaban J connectivity index is 1.37. The zero-order valence-corrected chi connectivity index (χ0v) is 19.2. The maximum atomic E-state index is 12.5.